The largest absolute Gasteiger partial charge is 0.368 e. The highest BCUT2D eigenvalue weighted by Gasteiger charge is 2.34. The number of rotatable bonds is 3. The molecule has 7 heteroatoms. The standard InChI is InChI=1S/C21H28FN3O3/c22-17-4-1-2-5-18(17)23-11-13-25(14-12-23)20(26)16-7-9-24(10-8-16)21(27)19-6-3-15-28-19/h1-2,4-5,16,19H,3,6-15H2. The highest BCUT2D eigenvalue weighted by atomic mass is 19.1. The number of ether oxygens (including phenoxy) is 1. The second kappa shape index (κ2) is 8.47. The first-order valence-electron chi connectivity index (χ1n) is 10.3. The van der Waals surface area contributed by atoms with Crippen LogP contribution in [0.15, 0.2) is 24.3 Å². The van der Waals surface area contributed by atoms with Gasteiger partial charge in [0.25, 0.3) is 5.91 Å². The lowest BCUT2D eigenvalue weighted by Crippen LogP contribution is -2.52. The Morgan fingerprint density at radius 3 is 2.21 bits per heavy atom. The minimum absolute atomic E-state index is 0.0199. The van der Waals surface area contributed by atoms with E-state index >= 15 is 0 Å². The lowest BCUT2D eigenvalue weighted by Gasteiger charge is -2.39. The third kappa shape index (κ3) is 3.99. The molecule has 152 valence electrons. The SMILES string of the molecule is O=C(C1CCN(C(=O)C2CCCO2)CC1)N1CCN(c2ccccc2F)CC1. The van der Waals surface area contributed by atoms with Crippen molar-refractivity contribution < 1.29 is 18.7 Å². The summed E-state index contributed by atoms with van der Waals surface area (Å²) in [4.78, 5) is 31.1. The van der Waals surface area contributed by atoms with E-state index in [4.69, 9.17) is 4.74 Å². The molecule has 1 aromatic carbocycles. The predicted octanol–water partition coefficient (Wildman–Crippen LogP) is 1.89. The van der Waals surface area contributed by atoms with Crippen molar-refractivity contribution in [1.29, 1.82) is 0 Å². The van der Waals surface area contributed by atoms with Gasteiger partial charge < -0.3 is 19.4 Å². The van der Waals surface area contributed by atoms with E-state index in [-0.39, 0.29) is 29.7 Å². The molecule has 0 N–H and O–H groups in total. The summed E-state index contributed by atoms with van der Waals surface area (Å²) in [5, 5.41) is 0. The Kier molecular flexibility index (Phi) is 5.80. The highest BCUT2D eigenvalue weighted by molar-refractivity contribution is 5.82. The normalized spacial score (nSPS) is 23.9. The van der Waals surface area contributed by atoms with E-state index in [1.54, 1.807) is 12.1 Å². The minimum Gasteiger partial charge on any atom is -0.368 e. The summed E-state index contributed by atoms with van der Waals surface area (Å²) >= 11 is 0. The molecule has 6 nitrogen and oxygen atoms in total. The molecule has 3 heterocycles. The van der Waals surface area contributed by atoms with Gasteiger partial charge in [-0.25, -0.2) is 4.39 Å². The van der Waals surface area contributed by atoms with Crippen LogP contribution in [0.5, 0.6) is 0 Å². The fourth-order valence-electron chi connectivity index (χ4n) is 4.46. The van der Waals surface area contributed by atoms with Crippen molar-refractivity contribution in [3.8, 4) is 0 Å². The number of para-hydroxylation sites is 1. The average molecular weight is 389 g/mol. The number of likely N-dealkylation sites (tertiary alicyclic amines) is 1. The molecule has 3 aliphatic rings. The molecule has 0 radical (unpaired) electrons. The summed E-state index contributed by atoms with van der Waals surface area (Å²) in [7, 11) is 0. The zero-order chi connectivity index (χ0) is 19.5. The van der Waals surface area contributed by atoms with Gasteiger partial charge in [0, 0.05) is 51.8 Å². The Labute approximate surface area is 165 Å². The molecule has 28 heavy (non-hydrogen) atoms. The van der Waals surface area contributed by atoms with Gasteiger partial charge in [0.15, 0.2) is 0 Å². The molecule has 4 rings (SSSR count). The maximum absolute atomic E-state index is 14.0. The van der Waals surface area contributed by atoms with E-state index in [1.807, 2.05) is 20.8 Å². The number of carbonyl (C=O) groups excluding carboxylic acids is 2. The van der Waals surface area contributed by atoms with Gasteiger partial charge in [-0.3, -0.25) is 9.59 Å². The van der Waals surface area contributed by atoms with Gasteiger partial charge in [-0.15, -0.1) is 0 Å². The molecule has 3 fully saturated rings. The number of benzene rings is 1. The van der Waals surface area contributed by atoms with Gasteiger partial charge in [0.2, 0.25) is 5.91 Å². The Bertz CT molecular complexity index is 707. The smallest absolute Gasteiger partial charge is 0.251 e. The van der Waals surface area contributed by atoms with Crippen LogP contribution in [0, 0.1) is 11.7 Å². The number of anilines is 1. The van der Waals surface area contributed by atoms with Crippen molar-refractivity contribution >= 4 is 17.5 Å². The number of piperazine rings is 1. The molecule has 1 atom stereocenters. The molecule has 0 spiro atoms. The van der Waals surface area contributed by atoms with Crippen molar-refractivity contribution in [1.82, 2.24) is 9.80 Å². The fraction of sp³-hybridized carbons (Fsp3) is 0.619. The van der Waals surface area contributed by atoms with Gasteiger partial charge in [-0.05, 0) is 37.8 Å². The second-order valence-corrected chi connectivity index (χ2v) is 7.86. The molecule has 0 saturated carbocycles. The number of nitrogens with zero attached hydrogens (tertiary/aromatic N) is 3. The first-order chi connectivity index (χ1) is 13.6. The van der Waals surface area contributed by atoms with Crippen LogP contribution < -0.4 is 4.90 Å². The van der Waals surface area contributed by atoms with Crippen LogP contribution in [0.4, 0.5) is 10.1 Å². The maximum Gasteiger partial charge on any atom is 0.251 e. The zero-order valence-electron chi connectivity index (χ0n) is 16.2. The highest BCUT2D eigenvalue weighted by Crippen LogP contribution is 2.25. The number of amides is 2. The van der Waals surface area contributed by atoms with Crippen molar-refractivity contribution in [2.45, 2.75) is 31.8 Å². The molecule has 0 aromatic heterocycles. The van der Waals surface area contributed by atoms with Gasteiger partial charge in [0.05, 0.1) is 5.69 Å². The summed E-state index contributed by atoms with van der Waals surface area (Å²) < 4.78 is 19.5. The van der Waals surface area contributed by atoms with Crippen molar-refractivity contribution in [2.75, 3.05) is 50.8 Å². The monoisotopic (exact) mass is 389 g/mol. The summed E-state index contributed by atoms with van der Waals surface area (Å²) in [6, 6.07) is 6.78. The number of carbonyl (C=O) groups is 2. The summed E-state index contributed by atoms with van der Waals surface area (Å²) in [6.07, 6.45) is 2.91. The molecular formula is C21H28FN3O3. The quantitative estimate of drug-likeness (QED) is 0.792. The van der Waals surface area contributed by atoms with E-state index in [2.05, 4.69) is 0 Å². The first kappa shape index (κ1) is 19.2. The van der Waals surface area contributed by atoms with Gasteiger partial charge >= 0.3 is 0 Å². The molecule has 0 aliphatic carbocycles. The molecule has 1 aromatic rings. The lowest BCUT2D eigenvalue weighted by atomic mass is 9.94. The number of hydrogen-bond acceptors (Lipinski definition) is 4. The van der Waals surface area contributed by atoms with Crippen molar-refractivity contribution in [3.63, 3.8) is 0 Å². The minimum atomic E-state index is -0.279. The molecule has 0 bridgehead atoms. The third-order valence-electron chi connectivity index (χ3n) is 6.15. The van der Waals surface area contributed by atoms with E-state index in [1.165, 1.54) is 6.07 Å². The second-order valence-electron chi connectivity index (χ2n) is 7.86. The first-order valence-corrected chi connectivity index (χ1v) is 10.3. The van der Waals surface area contributed by atoms with Crippen LogP contribution in [0.3, 0.4) is 0 Å². The van der Waals surface area contributed by atoms with Crippen LogP contribution in [-0.2, 0) is 14.3 Å². The van der Waals surface area contributed by atoms with Crippen molar-refractivity contribution in [2.24, 2.45) is 5.92 Å². The van der Waals surface area contributed by atoms with Crippen molar-refractivity contribution in [3.05, 3.63) is 30.1 Å². The third-order valence-corrected chi connectivity index (χ3v) is 6.15. The number of halogens is 1. The van der Waals surface area contributed by atoms with Gasteiger partial charge in [-0.1, -0.05) is 12.1 Å². The molecule has 1 unspecified atom stereocenters. The number of piperidine rings is 1. The zero-order valence-corrected chi connectivity index (χ0v) is 16.2. The molecule has 3 aliphatic heterocycles. The Balaban J connectivity index is 1.26. The molecule has 3 saturated heterocycles. The maximum atomic E-state index is 14.0. The average Bonchev–Trinajstić information content (AvgIpc) is 3.28. The lowest BCUT2D eigenvalue weighted by molar-refractivity contribution is -0.146. The van der Waals surface area contributed by atoms with E-state index < -0.39 is 0 Å². The van der Waals surface area contributed by atoms with Crippen LogP contribution in [0.2, 0.25) is 0 Å². The summed E-state index contributed by atoms with van der Waals surface area (Å²) in [6.45, 7) is 4.44. The van der Waals surface area contributed by atoms with Crippen LogP contribution in [0.1, 0.15) is 25.7 Å². The predicted molar refractivity (Wildman–Crippen MR) is 103 cm³/mol. The Morgan fingerprint density at radius 1 is 0.893 bits per heavy atom. The fourth-order valence-corrected chi connectivity index (χ4v) is 4.46. The van der Waals surface area contributed by atoms with Crippen LogP contribution >= 0.6 is 0 Å². The van der Waals surface area contributed by atoms with Gasteiger partial charge in [0.1, 0.15) is 11.9 Å². The van der Waals surface area contributed by atoms with E-state index in [9.17, 15) is 14.0 Å². The molecule has 2 amide bonds. The molecular weight excluding hydrogens is 361 g/mol. The Morgan fingerprint density at radius 2 is 1.57 bits per heavy atom. The number of hydrogen-bond donors (Lipinski definition) is 0. The van der Waals surface area contributed by atoms with Gasteiger partial charge in [-0.2, -0.15) is 0 Å². The summed E-state index contributed by atoms with van der Waals surface area (Å²) in [5.41, 5.74) is 0.607. The van der Waals surface area contributed by atoms with Crippen LogP contribution in [0.25, 0.3) is 0 Å². The van der Waals surface area contributed by atoms with Crippen LogP contribution in [-0.4, -0.2) is 73.6 Å². The summed E-state index contributed by atoms with van der Waals surface area (Å²) in [5.74, 6) is 0.0263. The van der Waals surface area contributed by atoms with E-state index in [0.717, 1.165) is 12.8 Å². The topological polar surface area (TPSA) is 53.1 Å². The Hall–Kier alpha value is -2.15. The van der Waals surface area contributed by atoms with E-state index in [0.29, 0.717) is 64.4 Å².